The van der Waals surface area contributed by atoms with Crippen molar-refractivity contribution in [2.24, 2.45) is 0 Å². The normalized spacial score (nSPS) is 11.7. The average Bonchev–Trinajstić information content (AvgIpc) is 2.22. The molecular formula is C13H21N. The molecule has 0 bridgehead atoms. The molecular weight excluding hydrogens is 170 g/mol. The van der Waals surface area contributed by atoms with E-state index < -0.39 is 0 Å². The Balaban J connectivity index is 3.10. The van der Waals surface area contributed by atoms with Gasteiger partial charge in [0.25, 0.3) is 0 Å². The highest BCUT2D eigenvalue weighted by atomic mass is 14.6. The molecule has 14 heavy (non-hydrogen) atoms. The minimum absolute atomic E-state index is 0.369. The highest BCUT2D eigenvalue weighted by molar-refractivity contribution is 5.25. The fraction of sp³-hybridized carbons (Fsp3) is 0.615. The molecule has 1 rings (SSSR count). The van der Waals surface area contributed by atoms with E-state index in [9.17, 15) is 0 Å². The lowest BCUT2D eigenvalue weighted by molar-refractivity contribution is 0.381. The summed E-state index contributed by atoms with van der Waals surface area (Å²) in [5.41, 5.74) is 2.95. The van der Waals surface area contributed by atoms with Crippen LogP contribution in [-0.4, -0.2) is 4.98 Å². The Morgan fingerprint density at radius 2 is 1.71 bits per heavy atom. The molecule has 1 aromatic heterocycles. The Kier molecular flexibility index (Phi) is 3.68. The molecule has 1 heteroatoms. The minimum atomic E-state index is 0.369. The smallest absolute Gasteiger partial charge is 0.0375 e. The number of rotatable bonds is 4. The quantitative estimate of drug-likeness (QED) is 0.704. The monoisotopic (exact) mass is 191 g/mol. The largest absolute Gasteiger partial charge is 0.262 e. The van der Waals surface area contributed by atoms with Gasteiger partial charge in [-0.3, -0.25) is 4.98 Å². The second kappa shape index (κ2) is 4.59. The number of hydrogen-bond donors (Lipinski definition) is 0. The van der Waals surface area contributed by atoms with E-state index in [0.29, 0.717) is 5.41 Å². The van der Waals surface area contributed by atoms with Gasteiger partial charge in [0.15, 0.2) is 0 Å². The summed E-state index contributed by atoms with van der Waals surface area (Å²) < 4.78 is 0. The Bertz CT molecular complexity index is 279. The van der Waals surface area contributed by atoms with Crippen LogP contribution in [0.4, 0.5) is 0 Å². The second-order valence-corrected chi connectivity index (χ2v) is 4.03. The minimum Gasteiger partial charge on any atom is -0.262 e. The predicted molar refractivity (Wildman–Crippen MR) is 61.5 cm³/mol. The fourth-order valence-electron chi connectivity index (χ4n) is 2.24. The van der Waals surface area contributed by atoms with E-state index in [1.165, 1.54) is 24.8 Å². The maximum absolute atomic E-state index is 4.26. The van der Waals surface area contributed by atoms with Gasteiger partial charge in [0.2, 0.25) is 0 Å². The lowest BCUT2D eigenvalue weighted by atomic mass is 9.74. The van der Waals surface area contributed by atoms with Crippen LogP contribution >= 0.6 is 0 Å². The van der Waals surface area contributed by atoms with Crippen LogP contribution in [0.5, 0.6) is 0 Å². The Labute approximate surface area is 87.6 Å². The van der Waals surface area contributed by atoms with Crippen molar-refractivity contribution in [3.8, 4) is 0 Å². The molecule has 0 fully saturated rings. The van der Waals surface area contributed by atoms with Gasteiger partial charge in [-0.1, -0.05) is 20.8 Å². The summed E-state index contributed by atoms with van der Waals surface area (Å²) in [6, 6.07) is 4.40. The van der Waals surface area contributed by atoms with Crippen LogP contribution in [0, 0.1) is 6.92 Å². The summed E-state index contributed by atoms with van der Waals surface area (Å²) in [7, 11) is 0. The fourth-order valence-corrected chi connectivity index (χ4v) is 2.24. The maximum Gasteiger partial charge on any atom is 0.0375 e. The Hall–Kier alpha value is -0.850. The topological polar surface area (TPSA) is 12.9 Å². The van der Waals surface area contributed by atoms with Crippen molar-refractivity contribution in [3.05, 3.63) is 29.6 Å². The van der Waals surface area contributed by atoms with E-state index in [1.807, 2.05) is 6.20 Å². The SMILES string of the molecule is CCC(CC)(CC)c1ccnc(C)c1. The zero-order chi connectivity index (χ0) is 10.6. The highest BCUT2D eigenvalue weighted by Crippen LogP contribution is 2.34. The first kappa shape index (κ1) is 11.2. The first-order chi connectivity index (χ1) is 6.68. The number of pyridine rings is 1. The summed E-state index contributed by atoms with van der Waals surface area (Å²) >= 11 is 0. The van der Waals surface area contributed by atoms with Crippen LogP contribution in [-0.2, 0) is 5.41 Å². The van der Waals surface area contributed by atoms with Crippen LogP contribution in [0.25, 0.3) is 0 Å². The number of hydrogen-bond acceptors (Lipinski definition) is 1. The number of aryl methyl sites for hydroxylation is 1. The van der Waals surface area contributed by atoms with E-state index in [2.05, 4.69) is 44.8 Å². The third kappa shape index (κ3) is 1.97. The predicted octanol–water partition coefficient (Wildman–Crippen LogP) is 3.86. The van der Waals surface area contributed by atoms with Crippen molar-refractivity contribution < 1.29 is 0 Å². The molecule has 0 unspecified atom stereocenters. The van der Waals surface area contributed by atoms with Crippen molar-refractivity contribution in [2.45, 2.75) is 52.4 Å². The van der Waals surface area contributed by atoms with Gasteiger partial charge in [-0.2, -0.15) is 0 Å². The van der Waals surface area contributed by atoms with Crippen molar-refractivity contribution in [2.75, 3.05) is 0 Å². The van der Waals surface area contributed by atoms with Crippen LogP contribution in [0.3, 0.4) is 0 Å². The number of nitrogens with zero attached hydrogens (tertiary/aromatic N) is 1. The van der Waals surface area contributed by atoms with E-state index in [0.717, 1.165) is 5.69 Å². The number of aromatic nitrogens is 1. The van der Waals surface area contributed by atoms with Gasteiger partial charge in [-0.25, -0.2) is 0 Å². The van der Waals surface area contributed by atoms with Gasteiger partial charge in [0.1, 0.15) is 0 Å². The van der Waals surface area contributed by atoms with Gasteiger partial charge < -0.3 is 0 Å². The van der Waals surface area contributed by atoms with Crippen molar-refractivity contribution in [1.29, 1.82) is 0 Å². The third-order valence-corrected chi connectivity index (χ3v) is 3.54. The first-order valence-corrected chi connectivity index (χ1v) is 5.61. The van der Waals surface area contributed by atoms with Crippen molar-refractivity contribution >= 4 is 0 Å². The molecule has 1 aromatic rings. The van der Waals surface area contributed by atoms with Crippen LogP contribution in [0.15, 0.2) is 18.3 Å². The Morgan fingerprint density at radius 1 is 1.14 bits per heavy atom. The molecule has 0 aliphatic rings. The maximum atomic E-state index is 4.26. The third-order valence-electron chi connectivity index (χ3n) is 3.54. The molecule has 1 heterocycles. The molecule has 0 spiro atoms. The zero-order valence-corrected chi connectivity index (χ0v) is 9.80. The van der Waals surface area contributed by atoms with Crippen LogP contribution in [0.1, 0.15) is 51.3 Å². The first-order valence-electron chi connectivity index (χ1n) is 5.61. The van der Waals surface area contributed by atoms with Crippen molar-refractivity contribution in [3.63, 3.8) is 0 Å². The molecule has 78 valence electrons. The summed E-state index contributed by atoms with van der Waals surface area (Å²) in [4.78, 5) is 4.26. The standard InChI is InChI=1S/C13H21N/c1-5-13(6-2,7-3)12-8-9-14-11(4)10-12/h8-10H,5-7H2,1-4H3. The van der Waals surface area contributed by atoms with Gasteiger partial charge in [-0.05, 0) is 49.3 Å². The molecule has 0 N–H and O–H groups in total. The Morgan fingerprint density at radius 3 is 2.14 bits per heavy atom. The summed E-state index contributed by atoms with van der Waals surface area (Å²) in [5.74, 6) is 0. The molecule has 0 aliphatic heterocycles. The highest BCUT2D eigenvalue weighted by Gasteiger charge is 2.25. The van der Waals surface area contributed by atoms with Crippen LogP contribution in [0.2, 0.25) is 0 Å². The van der Waals surface area contributed by atoms with Crippen LogP contribution < -0.4 is 0 Å². The van der Waals surface area contributed by atoms with E-state index in [1.54, 1.807) is 0 Å². The van der Waals surface area contributed by atoms with E-state index in [4.69, 9.17) is 0 Å². The van der Waals surface area contributed by atoms with Gasteiger partial charge >= 0.3 is 0 Å². The summed E-state index contributed by atoms with van der Waals surface area (Å²) in [6.45, 7) is 8.91. The van der Waals surface area contributed by atoms with Gasteiger partial charge in [0, 0.05) is 11.9 Å². The van der Waals surface area contributed by atoms with E-state index >= 15 is 0 Å². The molecule has 1 nitrogen and oxygen atoms in total. The molecule has 0 aliphatic carbocycles. The zero-order valence-electron chi connectivity index (χ0n) is 9.80. The van der Waals surface area contributed by atoms with Crippen molar-refractivity contribution in [1.82, 2.24) is 4.98 Å². The molecule has 0 atom stereocenters. The van der Waals surface area contributed by atoms with Gasteiger partial charge in [-0.15, -0.1) is 0 Å². The molecule has 0 amide bonds. The molecule has 0 radical (unpaired) electrons. The van der Waals surface area contributed by atoms with Gasteiger partial charge in [0.05, 0.1) is 0 Å². The second-order valence-electron chi connectivity index (χ2n) is 4.03. The molecule has 0 saturated carbocycles. The summed E-state index contributed by atoms with van der Waals surface area (Å²) in [5, 5.41) is 0. The average molecular weight is 191 g/mol. The van der Waals surface area contributed by atoms with E-state index in [-0.39, 0.29) is 0 Å². The molecule has 0 saturated heterocycles. The summed E-state index contributed by atoms with van der Waals surface area (Å²) in [6.07, 6.45) is 5.57. The lowest BCUT2D eigenvalue weighted by Crippen LogP contribution is -2.23. The lowest BCUT2D eigenvalue weighted by Gasteiger charge is -2.31. The molecule has 0 aromatic carbocycles.